The average Bonchev–Trinajstić information content (AvgIpc) is 2.79. The second-order valence-electron chi connectivity index (χ2n) is 6.75. The number of carbonyl (C=O) groups excluding carboxylic acids is 3. The molecular formula is C22H24FN3O8. The van der Waals surface area contributed by atoms with Gasteiger partial charge in [0.2, 0.25) is 5.82 Å². The van der Waals surface area contributed by atoms with Gasteiger partial charge in [0.05, 0.1) is 18.1 Å². The van der Waals surface area contributed by atoms with Crippen LogP contribution in [0.5, 0.6) is 11.5 Å². The van der Waals surface area contributed by atoms with Gasteiger partial charge in [-0.15, -0.1) is 0 Å². The van der Waals surface area contributed by atoms with Crippen molar-refractivity contribution in [1.29, 1.82) is 0 Å². The quantitative estimate of drug-likeness (QED) is 0.285. The fourth-order valence-corrected chi connectivity index (χ4v) is 2.71. The first kappa shape index (κ1) is 26.0. The molecule has 2 N–H and O–H groups in total. The molecule has 0 heterocycles. The molecule has 0 aliphatic heterocycles. The Kier molecular flexibility index (Phi) is 9.29. The van der Waals surface area contributed by atoms with Crippen LogP contribution in [0.25, 0.3) is 0 Å². The van der Waals surface area contributed by atoms with Crippen LogP contribution in [-0.4, -0.2) is 48.6 Å². The molecule has 34 heavy (non-hydrogen) atoms. The predicted octanol–water partition coefficient (Wildman–Crippen LogP) is 2.83. The highest BCUT2D eigenvalue weighted by molar-refractivity contribution is 5.97. The van der Waals surface area contributed by atoms with Gasteiger partial charge < -0.3 is 24.8 Å². The lowest BCUT2D eigenvalue weighted by Crippen LogP contribution is -2.35. The van der Waals surface area contributed by atoms with Gasteiger partial charge in [-0.1, -0.05) is 0 Å². The molecule has 1 unspecified atom stereocenters. The van der Waals surface area contributed by atoms with E-state index in [1.165, 1.54) is 19.1 Å². The lowest BCUT2D eigenvalue weighted by atomic mass is 10.2. The van der Waals surface area contributed by atoms with Gasteiger partial charge in [-0.25, -0.2) is 0 Å². The molecule has 0 spiro atoms. The summed E-state index contributed by atoms with van der Waals surface area (Å²) in [4.78, 5) is 46.5. The molecule has 2 rings (SSSR count). The number of halogens is 1. The molecule has 0 aliphatic rings. The normalized spacial score (nSPS) is 11.2. The number of esters is 1. The molecule has 2 aromatic rings. The highest BCUT2D eigenvalue weighted by Crippen LogP contribution is 2.28. The third-order valence-electron chi connectivity index (χ3n) is 4.29. The molecule has 0 aliphatic carbocycles. The number of nitrogens with zero attached hydrogens (tertiary/aromatic N) is 1. The van der Waals surface area contributed by atoms with Gasteiger partial charge in [-0.3, -0.25) is 24.5 Å². The van der Waals surface area contributed by atoms with E-state index in [0.717, 1.165) is 18.2 Å². The number of hydrogen-bond donors (Lipinski definition) is 2. The summed E-state index contributed by atoms with van der Waals surface area (Å²) in [6.07, 6.45) is -1.29. The molecule has 2 aromatic carbocycles. The van der Waals surface area contributed by atoms with Crippen molar-refractivity contribution in [2.24, 2.45) is 0 Å². The Morgan fingerprint density at radius 3 is 2.38 bits per heavy atom. The van der Waals surface area contributed by atoms with Crippen molar-refractivity contribution in [2.45, 2.75) is 26.9 Å². The SMILES string of the molecule is CCOc1ccc(C(=O)NCC(=O)OC(C)C(=O)Nc2ccc(F)c([N+](=O)[O-])c2)cc1OCC. The summed E-state index contributed by atoms with van der Waals surface area (Å²) in [6.45, 7) is 5.13. The van der Waals surface area contributed by atoms with E-state index in [9.17, 15) is 28.9 Å². The van der Waals surface area contributed by atoms with E-state index in [2.05, 4.69) is 10.6 Å². The maximum Gasteiger partial charge on any atom is 0.326 e. The first-order valence-corrected chi connectivity index (χ1v) is 10.3. The number of ether oxygens (including phenoxy) is 3. The van der Waals surface area contributed by atoms with Gasteiger partial charge in [-0.2, -0.15) is 4.39 Å². The number of anilines is 1. The smallest absolute Gasteiger partial charge is 0.326 e. The maximum absolute atomic E-state index is 13.4. The van der Waals surface area contributed by atoms with E-state index >= 15 is 0 Å². The molecule has 0 bridgehead atoms. The summed E-state index contributed by atoms with van der Waals surface area (Å²) >= 11 is 0. The second kappa shape index (κ2) is 12.1. The lowest BCUT2D eigenvalue weighted by molar-refractivity contribution is -0.387. The monoisotopic (exact) mass is 477 g/mol. The molecule has 11 nitrogen and oxygen atoms in total. The van der Waals surface area contributed by atoms with E-state index in [-0.39, 0.29) is 11.3 Å². The number of benzene rings is 2. The summed E-state index contributed by atoms with van der Waals surface area (Å²) < 4.78 is 29.3. The fourth-order valence-electron chi connectivity index (χ4n) is 2.71. The Morgan fingerprint density at radius 2 is 1.74 bits per heavy atom. The zero-order chi connectivity index (χ0) is 25.3. The molecule has 12 heteroatoms. The summed E-state index contributed by atoms with van der Waals surface area (Å²) in [7, 11) is 0. The van der Waals surface area contributed by atoms with Gasteiger partial charge in [0.15, 0.2) is 17.6 Å². The molecular weight excluding hydrogens is 453 g/mol. The number of nitro benzene ring substituents is 1. The van der Waals surface area contributed by atoms with Crippen molar-refractivity contribution in [3.8, 4) is 11.5 Å². The Labute approximate surface area is 194 Å². The summed E-state index contributed by atoms with van der Waals surface area (Å²) in [6, 6.07) is 7.36. The van der Waals surface area contributed by atoms with Gasteiger partial charge in [0.25, 0.3) is 11.8 Å². The summed E-state index contributed by atoms with van der Waals surface area (Å²) in [5.41, 5.74) is -0.634. The zero-order valence-corrected chi connectivity index (χ0v) is 18.8. The largest absolute Gasteiger partial charge is 0.490 e. The van der Waals surface area contributed by atoms with Crippen LogP contribution in [0.4, 0.5) is 15.8 Å². The molecule has 0 fully saturated rings. The number of hydrogen-bond acceptors (Lipinski definition) is 8. The number of rotatable bonds is 11. The van der Waals surface area contributed by atoms with Crippen molar-refractivity contribution in [1.82, 2.24) is 5.32 Å². The van der Waals surface area contributed by atoms with Crippen LogP contribution in [0.2, 0.25) is 0 Å². The Morgan fingerprint density at radius 1 is 1.06 bits per heavy atom. The summed E-state index contributed by atoms with van der Waals surface area (Å²) in [5.74, 6) is -2.46. The molecule has 0 saturated heterocycles. The van der Waals surface area contributed by atoms with Crippen LogP contribution in [0.15, 0.2) is 36.4 Å². The Hall–Kier alpha value is -4.22. The topological polar surface area (TPSA) is 146 Å². The van der Waals surface area contributed by atoms with E-state index in [4.69, 9.17) is 14.2 Å². The third kappa shape index (κ3) is 7.15. The standard InChI is InChI=1S/C22H24FN3O8/c1-4-32-18-9-6-14(10-19(18)33-5-2)22(29)24-12-20(27)34-13(3)21(28)25-15-7-8-16(23)17(11-15)26(30)31/h6-11,13H,4-5,12H2,1-3H3,(H,24,29)(H,25,28). The van der Waals surface area contributed by atoms with E-state index in [1.807, 2.05) is 6.92 Å². The molecule has 2 amide bonds. The number of nitro groups is 1. The van der Waals surface area contributed by atoms with Crippen LogP contribution < -0.4 is 20.1 Å². The molecule has 182 valence electrons. The van der Waals surface area contributed by atoms with Crippen molar-refractivity contribution in [3.05, 3.63) is 57.9 Å². The van der Waals surface area contributed by atoms with Crippen LogP contribution in [0.1, 0.15) is 31.1 Å². The highest BCUT2D eigenvalue weighted by atomic mass is 19.1. The summed E-state index contributed by atoms with van der Waals surface area (Å²) in [5, 5.41) is 15.5. The fraction of sp³-hybridized carbons (Fsp3) is 0.318. The molecule has 1 atom stereocenters. The van der Waals surface area contributed by atoms with Crippen molar-refractivity contribution in [3.63, 3.8) is 0 Å². The lowest BCUT2D eigenvalue weighted by Gasteiger charge is -2.14. The zero-order valence-electron chi connectivity index (χ0n) is 18.8. The minimum atomic E-state index is -1.29. The highest BCUT2D eigenvalue weighted by Gasteiger charge is 2.21. The molecule has 0 saturated carbocycles. The van der Waals surface area contributed by atoms with Crippen LogP contribution in [-0.2, 0) is 14.3 Å². The van der Waals surface area contributed by atoms with E-state index < -0.39 is 46.9 Å². The van der Waals surface area contributed by atoms with Gasteiger partial charge >= 0.3 is 11.7 Å². The Bertz CT molecular complexity index is 1080. The maximum atomic E-state index is 13.4. The second-order valence-corrected chi connectivity index (χ2v) is 6.75. The van der Waals surface area contributed by atoms with Crippen LogP contribution in [0.3, 0.4) is 0 Å². The van der Waals surface area contributed by atoms with Crippen LogP contribution in [0, 0.1) is 15.9 Å². The minimum Gasteiger partial charge on any atom is -0.490 e. The molecule has 0 aromatic heterocycles. The van der Waals surface area contributed by atoms with Crippen molar-refractivity contribution >= 4 is 29.2 Å². The number of amides is 2. The van der Waals surface area contributed by atoms with Gasteiger partial charge in [0, 0.05) is 17.3 Å². The molecule has 0 radical (unpaired) electrons. The van der Waals surface area contributed by atoms with Gasteiger partial charge in [0.1, 0.15) is 6.54 Å². The average molecular weight is 477 g/mol. The van der Waals surface area contributed by atoms with Crippen LogP contribution >= 0.6 is 0 Å². The third-order valence-corrected chi connectivity index (χ3v) is 4.29. The van der Waals surface area contributed by atoms with Crippen molar-refractivity contribution < 1.29 is 37.9 Å². The minimum absolute atomic E-state index is 0.0464. The Balaban J connectivity index is 1.91. The van der Waals surface area contributed by atoms with Crippen molar-refractivity contribution in [2.75, 3.05) is 25.1 Å². The number of nitrogens with one attached hydrogen (secondary N) is 2. The van der Waals surface area contributed by atoms with E-state index in [0.29, 0.717) is 24.7 Å². The number of carbonyl (C=O) groups is 3. The first-order chi connectivity index (χ1) is 16.2. The predicted molar refractivity (Wildman–Crippen MR) is 118 cm³/mol. The van der Waals surface area contributed by atoms with E-state index in [1.54, 1.807) is 13.0 Å². The van der Waals surface area contributed by atoms with Gasteiger partial charge in [-0.05, 0) is 51.1 Å². The first-order valence-electron chi connectivity index (χ1n) is 10.3.